The molecule has 4 heteroatoms. The number of aliphatic hydroxyl groups is 1. The molecule has 1 fully saturated rings. The Hall–Kier alpha value is 0.100. The maximum absolute atomic E-state index is 10.4. The smallest absolute Gasteiger partial charge is 0.0697 e. The topological polar surface area (TPSA) is 46.2 Å². The van der Waals surface area contributed by atoms with E-state index in [0.29, 0.717) is 0 Å². The van der Waals surface area contributed by atoms with Crippen molar-refractivity contribution in [1.29, 1.82) is 0 Å². The molecule has 1 heterocycles. The Bertz CT molecular complexity index is 331. The second kappa shape index (κ2) is 4.53. The lowest BCUT2D eigenvalue weighted by Crippen LogP contribution is -2.40. The molecule has 0 radical (unpaired) electrons. The molecular weight excluding hydrogens is 274 g/mol. The largest absolute Gasteiger partial charge is 0.390 e. The Kier molecular flexibility index (Phi) is 3.50. The number of hydrogen-bond donors (Lipinski definition) is 2. The molecule has 0 saturated heterocycles. The van der Waals surface area contributed by atoms with Gasteiger partial charge in [-0.15, -0.1) is 11.3 Å². The number of thiophene rings is 1. The van der Waals surface area contributed by atoms with Crippen molar-refractivity contribution >= 4 is 27.3 Å². The van der Waals surface area contributed by atoms with Crippen LogP contribution in [0.2, 0.25) is 0 Å². The molecule has 2 nitrogen and oxygen atoms in total. The highest BCUT2D eigenvalue weighted by atomic mass is 79.9. The minimum absolute atomic E-state index is 0.289. The fourth-order valence-corrected chi connectivity index (χ4v) is 3.73. The van der Waals surface area contributed by atoms with Crippen molar-refractivity contribution in [3.05, 3.63) is 20.8 Å². The van der Waals surface area contributed by atoms with Crippen LogP contribution in [0.3, 0.4) is 0 Å². The molecule has 1 saturated carbocycles. The highest BCUT2D eigenvalue weighted by Gasteiger charge is 2.32. The van der Waals surface area contributed by atoms with Gasteiger partial charge >= 0.3 is 0 Å². The van der Waals surface area contributed by atoms with Gasteiger partial charge in [-0.2, -0.15) is 0 Å². The molecule has 0 aromatic carbocycles. The third-order valence-electron chi connectivity index (χ3n) is 3.14. The first-order chi connectivity index (χ1) is 7.09. The van der Waals surface area contributed by atoms with Crippen molar-refractivity contribution in [3.8, 4) is 0 Å². The number of hydrogen-bond acceptors (Lipinski definition) is 3. The molecule has 1 aromatic heterocycles. The van der Waals surface area contributed by atoms with Gasteiger partial charge in [-0.05, 0) is 53.1 Å². The van der Waals surface area contributed by atoms with Gasteiger partial charge < -0.3 is 10.8 Å². The zero-order chi connectivity index (χ0) is 10.9. The van der Waals surface area contributed by atoms with Gasteiger partial charge in [0.25, 0.3) is 0 Å². The van der Waals surface area contributed by atoms with Gasteiger partial charge in [0.1, 0.15) is 0 Å². The van der Waals surface area contributed by atoms with Gasteiger partial charge in [-0.1, -0.05) is 0 Å². The van der Waals surface area contributed by atoms with E-state index >= 15 is 0 Å². The van der Waals surface area contributed by atoms with Crippen LogP contribution < -0.4 is 5.73 Å². The Morgan fingerprint density at radius 2 is 2.20 bits per heavy atom. The predicted octanol–water partition coefficient (Wildman–Crippen LogP) is 2.69. The predicted molar refractivity (Wildman–Crippen MR) is 67.1 cm³/mol. The Morgan fingerprint density at radius 1 is 1.53 bits per heavy atom. The van der Waals surface area contributed by atoms with E-state index in [4.69, 9.17) is 5.73 Å². The SMILES string of the molecule is NC1CCC(O)(Cc2sccc2Br)CC1. The zero-order valence-corrected chi connectivity index (χ0v) is 11.0. The summed E-state index contributed by atoms with van der Waals surface area (Å²) in [7, 11) is 0. The van der Waals surface area contributed by atoms with E-state index in [1.807, 2.05) is 6.07 Å². The number of nitrogens with two attached hydrogens (primary N) is 1. The molecule has 1 aromatic rings. The lowest BCUT2D eigenvalue weighted by atomic mass is 9.80. The summed E-state index contributed by atoms with van der Waals surface area (Å²) in [6.45, 7) is 0. The standard InChI is InChI=1S/C11H16BrNOS/c12-9-3-6-15-10(9)7-11(14)4-1-8(13)2-5-11/h3,6,8,14H,1-2,4-5,7,13H2. The first-order valence-corrected chi connectivity index (χ1v) is 6.96. The van der Waals surface area contributed by atoms with Gasteiger partial charge in [0.05, 0.1) is 5.60 Å². The lowest BCUT2D eigenvalue weighted by molar-refractivity contribution is 0.000776. The first-order valence-electron chi connectivity index (χ1n) is 5.29. The van der Waals surface area contributed by atoms with Gasteiger partial charge in [0.15, 0.2) is 0 Å². The van der Waals surface area contributed by atoms with Gasteiger partial charge in [-0.3, -0.25) is 0 Å². The highest BCUT2D eigenvalue weighted by molar-refractivity contribution is 9.10. The molecule has 15 heavy (non-hydrogen) atoms. The van der Waals surface area contributed by atoms with E-state index in [9.17, 15) is 5.11 Å². The Balaban J connectivity index is 2.02. The van der Waals surface area contributed by atoms with E-state index in [-0.39, 0.29) is 6.04 Å². The van der Waals surface area contributed by atoms with Crippen LogP contribution in [0.25, 0.3) is 0 Å². The fourth-order valence-electron chi connectivity index (χ4n) is 2.10. The molecule has 0 spiro atoms. The van der Waals surface area contributed by atoms with Crippen molar-refractivity contribution in [2.75, 3.05) is 0 Å². The fraction of sp³-hybridized carbons (Fsp3) is 0.636. The van der Waals surface area contributed by atoms with E-state index in [1.165, 1.54) is 4.88 Å². The summed E-state index contributed by atoms with van der Waals surface area (Å²) >= 11 is 5.21. The van der Waals surface area contributed by atoms with Crippen molar-refractivity contribution < 1.29 is 5.11 Å². The summed E-state index contributed by atoms with van der Waals surface area (Å²) in [5, 5.41) is 12.5. The third kappa shape index (κ3) is 2.81. The van der Waals surface area contributed by atoms with Crippen molar-refractivity contribution in [1.82, 2.24) is 0 Å². The normalized spacial score (nSPS) is 31.8. The van der Waals surface area contributed by atoms with Crippen molar-refractivity contribution in [3.63, 3.8) is 0 Å². The Labute approximate surface area is 103 Å². The van der Waals surface area contributed by atoms with Gasteiger partial charge in [0, 0.05) is 21.8 Å². The van der Waals surface area contributed by atoms with Crippen LogP contribution in [0.15, 0.2) is 15.9 Å². The molecule has 2 rings (SSSR count). The molecule has 0 unspecified atom stereocenters. The summed E-state index contributed by atoms with van der Waals surface area (Å²) < 4.78 is 1.12. The summed E-state index contributed by atoms with van der Waals surface area (Å²) in [4.78, 5) is 1.24. The van der Waals surface area contributed by atoms with Crippen molar-refractivity contribution in [2.24, 2.45) is 5.73 Å². The average molecular weight is 290 g/mol. The molecule has 0 amide bonds. The Morgan fingerprint density at radius 3 is 2.73 bits per heavy atom. The highest BCUT2D eigenvalue weighted by Crippen LogP contribution is 2.34. The van der Waals surface area contributed by atoms with Crippen LogP contribution >= 0.6 is 27.3 Å². The zero-order valence-electron chi connectivity index (χ0n) is 8.58. The minimum atomic E-state index is -0.525. The van der Waals surface area contributed by atoms with Crippen LogP contribution in [0.5, 0.6) is 0 Å². The molecule has 0 aliphatic heterocycles. The second-order valence-corrected chi connectivity index (χ2v) is 6.29. The van der Waals surface area contributed by atoms with E-state index in [0.717, 1.165) is 36.6 Å². The number of rotatable bonds is 2. The molecule has 84 valence electrons. The van der Waals surface area contributed by atoms with E-state index in [1.54, 1.807) is 11.3 Å². The summed E-state index contributed by atoms with van der Waals surface area (Å²) in [6, 6.07) is 2.33. The molecule has 0 bridgehead atoms. The lowest BCUT2D eigenvalue weighted by Gasteiger charge is -2.34. The quantitative estimate of drug-likeness (QED) is 0.879. The molecule has 1 aliphatic rings. The third-order valence-corrected chi connectivity index (χ3v) is 5.07. The first kappa shape index (κ1) is 11.6. The van der Waals surface area contributed by atoms with E-state index in [2.05, 4.69) is 21.3 Å². The van der Waals surface area contributed by atoms with Crippen LogP contribution in [-0.2, 0) is 6.42 Å². The molecule has 0 atom stereocenters. The van der Waals surface area contributed by atoms with Gasteiger partial charge in [-0.25, -0.2) is 0 Å². The van der Waals surface area contributed by atoms with Crippen LogP contribution in [0.4, 0.5) is 0 Å². The summed E-state index contributed by atoms with van der Waals surface area (Å²) in [5.41, 5.74) is 5.32. The summed E-state index contributed by atoms with van der Waals surface area (Å²) in [5.74, 6) is 0. The minimum Gasteiger partial charge on any atom is -0.390 e. The average Bonchev–Trinajstić information content (AvgIpc) is 2.58. The van der Waals surface area contributed by atoms with E-state index < -0.39 is 5.60 Å². The van der Waals surface area contributed by atoms with Crippen LogP contribution in [0, 0.1) is 0 Å². The van der Waals surface area contributed by atoms with Gasteiger partial charge in [0.2, 0.25) is 0 Å². The molecule has 3 N–H and O–H groups in total. The van der Waals surface area contributed by atoms with Crippen molar-refractivity contribution in [2.45, 2.75) is 43.7 Å². The molecule has 1 aliphatic carbocycles. The van der Waals surface area contributed by atoms with Crippen LogP contribution in [0.1, 0.15) is 30.6 Å². The van der Waals surface area contributed by atoms with Crippen LogP contribution in [-0.4, -0.2) is 16.7 Å². The second-order valence-electron chi connectivity index (χ2n) is 4.43. The maximum atomic E-state index is 10.4. The summed E-state index contributed by atoms with van der Waals surface area (Å²) in [6.07, 6.45) is 4.31. The monoisotopic (exact) mass is 289 g/mol. The maximum Gasteiger partial charge on any atom is 0.0697 e. The molecular formula is C11H16BrNOS. The number of halogens is 1.